The van der Waals surface area contributed by atoms with Crippen molar-refractivity contribution < 1.29 is 8.83 Å². The Morgan fingerprint density at radius 3 is 2.26 bits per heavy atom. The molecule has 4 aromatic heterocycles. The summed E-state index contributed by atoms with van der Waals surface area (Å²) in [7, 11) is 0. The molecule has 0 bridgehead atoms. The Bertz CT molecular complexity index is 2000. The topological polar surface area (TPSA) is 43.6 Å². The summed E-state index contributed by atoms with van der Waals surface area (Å²) in [5.74, 6) is 0. The van der Waals surface area contributed by atoms with Crippen molar-refractivity contribution in [2.75, 3.05) is 0 Å². The highest BCUT2D eigenvalue weighted by atomic mass is 16.3. The zero-order chi connectivity index (χ0) is 20.1. The van der Waals surface area contributed by atoms with Crippen LogP contribution in [-0.4, -0.2) is 9.38 Å². The number of hydrogen-bond donors (Lipinski definition) is 0. The second-order valence-electron chi connectivity index (χ2n) is 8.02. The van der Waals surface area contributed by atoms with Crippen molar-refractivity contribution in [3.8, 4) is 0 Å². The number of pyridine rings is 1. The fourth-order valence-corrected chi connectivity index (χ4v) is 5.14. The zero-order valence-corrected chi connectivity index (χ0v) is 16.3. The molecule has 0 aliphatic rings. The molecule has 0 radical (unpaired) electrons. The van der Waals surface area contributed by atoms with E-state index in [4.69, 9.17) is 8.83 Å². The maximum atomic E-state index is 6.49. The number of nitrogens with zero attached hydrogens (tertiary/aromatic N) is 2. The van der Waals surface area contributed by atoms with E-state index in [0.29, 0.717) is 0 Å². The van der Waals surface area contributed by atoms with Gasteiger partial charge >= 0.3 is 0 Å². The summed E-state index contributed by atoms with van der Waals surface area (Å²) in [4.78, 5) is 4.64. The quantitative estimate of drug-likeness (QED) is 0.249. The predicted molar refractivity (Wildman–Crippen MR) is 125 cm³/mol. The van der Waals surface area contributed by atoms with E-state index in [9.17, 15) is 0 Å². The van der Waals surface area contributed by atoms with E-state index in [2.05, 4.69) is 64.0 Å². The van der Waals surface area contributed by atoms with Crippen molar-refractivity contribution in [1.82, 2.24) is 9.38 Å². The molecule has 4 aromatic carbocycles. The van der Waals surface area contributed by atoms with Crippen LogP contribution >= 0.6 is 0 Å². The first-order valence-corrected chi connectivity index (χ1v) is 10.3. The van der Waals surface area contributed by atoms with Crippen LogP contribution in [0.3, 0.4) is 0 Å². The van der Waals surface area contributed by atoms with Crippen LogP contribution in [0.5, 0.6) is 0 Å². The SMILES string of the molecule is c1ccc2c(c1)oc1c2ccc2oc3c(ccc4c5ccccc5c5nccn5c43)c21. The van der Waals surface area contributed by atoms with Gasteiger partial charge in [0.1, 0.15) is 22.4 Å². The Morgan fingerprint density at radius 2 is 1.32 bits per heavy atom. The number of aromatic nitrogens is 2. The zero-order valence-electron chi connectivity index (χ0n) is 16.3. The summed E-state index contributed by atoms with van der Waals surface area (Å²) in [5.41, 5.74) is 5.42. The van der Waals surface area contributed by atoms with Gasteiger partial charge in [0.05, 0.1) is 10.9 Å². The van der Waals surface area contributed by atoms with Crippen molar-refractivity contribution >= 4 is 71.2 Å². The molecular weight excluding hydrogens is 384 g/mol. The molecule has 0 spiro atoms. The molecule has 4 nitrogen and oxygen atoms in total. The smallest absolute Gasteiger partial charge is 0.160 e. The summed E-state index contributed by atoms with van der Waals surface area (Å²) >= 11 is 0. The lowest BCUT2D eigenvalue weighted by molar-refractivity contribution is 0.664. The lowest BCUT2D eigenvalue weighted by Gasteiger charge is -2.08. The molecule has 0 fully saturated rings. The molecule has 0 aliphatic carbocycles. The maximum absolute atomic E-state index is 6.49. The first-order chi connectivity index (χ1) is 15.4. The van der Waals surface area contributed by atoms with Gasteiger partial charge in [-0.05, 0) is 29.7 Å². The molecule has 4 heterocycles. The van der Waals surface area contributed by atoms with Crippen LogP contribution in [-0.2, 0) is 0 Å². The first kappa shape index (κ1) is 15.5. The lowest BCUT2D eigenvalue weighted by Crippen LogP contribution is -1.90. The van der Waals surface area contributed by atoms with Crippen LogP contribution in [0.15, 0.2) is 94.0 Å². The maximum Gasteiger partial charge on any atom is 0.160 e. The molecule has 0 N–H and O–H groups in total. The number of rotatable bonds is 0. The molecule has 0 aliphatic heterocycles. The number of hydrogen-bond acceptors (Lipinski definition) is 3. The van der Waals surface area contributed by atoms with Gasteiger partial charge in [-0.2, -0.15) is 0 Å². The largest absolute Gasteiger partial charge is 0.455 e. The third kappa shape index (κ3) is 1.79. The first-order valence-electron chi connectivity index (χ1n) is 10.3. The highest BCUT2D eigenvalue weighted by Gasteiger charge is 2.19. The van der Waals surface area contributed by atoms with Crippen LogP contribution in [0.2, 0.25) is 0 Å². The second-order valence-corrected chi connectivity index (χ2v) is 8.02. The molecule has 0 saturated carbocycles. The van der Waals surface area contributed by atoms with E-state index < -0.39 is 0 Å². The minimum atomic E-state index is 0.829. The number of para-hydroxylation sites is 1. The van der Waals surface area contributed by atoms with Crippen molar-refractivity contribution in [2.45, 2.75) is 0 Å². The Hall–Kier alpha value is -4.31. The minimum absolute atomic E-state index is 0.829. The van der Waals surface area contributed by atoms with Crippen molar-refractivity contribution in [1.29, 1.82) is 0 Å². The molecule has 144 valence electrons. The fraction of sp³-hybridized carbons (Fsp3) is 0. The number of benzene rings is 4. The number of furan rings is 2. The van der Waals surface area contributed by atoms with Crippen LogP contribution in [0, 0.1) is 0 Å². The van der Waals surface area contributed by atoms with Crippen LogP contribution in [0.1, 0.15) is 0 Å². The van der Waals surface area contributed by atoms with E-state index >= 15 is 0 Å². The van der Waals surface area contributed by atoms with Crippen LogP contribution in [0.4, 0.5) is 0 Å². The van der Waals surface area contributed by atoms with Crippen molar-refractivity contribution in [2.24, 2.45) is 0 Å². The molecule has 0 amide bonds. The summed E-state index contributed by atoms with van der Waals surface area (Å²) in [5, 5.41) is 7.76. The van der Waals surface area contributed by atoms with E-state index in [0.717, 1.165) is 65.8 Å². The molecule has 4 heteroatoms. The second kappa shape index (κ2) is 5.24. The Morgan fingerprint density at radius 1 is 0.581 bits per heavy atom. The van der Waals surface area contributed by atoms with Crippen molar-refractivity contribution in [3.05, 3.63) is 85.2 Å². The Kier molecular flexibility index (Phi) is 2.62. The van der Waals surface area contributed by atoms with Crippen LogP contribution in [0.25, 0.3) is 71.2 Å². The summed E-state index contributed by atoms with van der Waals surface area (Å²) < 4.78 is 14.9. The van der Waals surface area contributed by atoms with Gasteiger partial charge in [-0.15, -0.1) is 0 Å². The van der Waals surface area contributed by atoms with Gasteiger partial charge in [0.2, 0.25) is 0 Å². The lowest BCUT2D eigenvalue weighted by atomic mass is 10.0. The van der Waals surface area contributed by atoms with Crippen LogP contribution < -0.4 is 0 Å². The molecule has 0 saturated heterocycles. The molecule has 8 aromatic rings. The third-order valence-corrected chi connectivity index (χ3v) is 6.46. The Balaban J connectivity index is 1.66. The van der Waals surface area contributed by atoms with Gasteiger partial charge in [-0.25, -0.2) is 4.98 Å². The monoisotopic (exact) mass is 398 g/mol. The van der Waals surface area contributed by atoms with Crippen molar-refractivity contribution in [3.63, 3.8) is 0 Å². The summed E-state index contributed by atoms with van der Waals surface area (Å²) in [6.45, 7) is 0. The summed E-state index contributed by atoms with van der Waals surface area (Å²) in [6, 6.07) is 25.1. The molecular formula is C27H14N2O2. The molecule has 8 rings (SSSR count). The highest BCUT2D eigenvalue weighted by molar-refractivity contribution is 6.27. The van der Waals surface area contributed by atoms with Gasteiger partial charge in [-0.3, -0.25) is 4.40 Å². The van der Waals surface area contributed by atoms with E-state index in [1.165, 1.54) is 5.39 Å². The fourth-order valence-electron chi connectivity index (χ4n) is 5.14. The van der Waals surface area contributed by atoms with Gasteiger partial charge in [0, 0.05) is 39.3 Å². The molecule has 0 unspecified atom stereocenters. The predicted octanol–water partition coefficient (Wildman–Crippen LogP) is 7.44. The highest BCUT2D eigenvalue weighted by Crippen LogP contribution is 2.42. The van der Waals surface area contributed by atoms with Gasteiger partial charge in [0.15, 0.2) is 5.58 Å². The normalized spacial score (nSPS) is 12.5. The van der Waals surface area contributed by atoms with Gasteiger partial charge in [-0.1, -0.05) is 48.5 Å². The Labute approximate surface area is 174 Å². The summed E-state index contributed by atoms with van der Waals surface area (Å²) in [6.07, 6.45) is 3.85. The molecule has 31 heavy (non-hydrogen) atoms. The standard InChI is InChI=1S/C27H14N2O2/c1-2-7-19-15(5-1)17-9-10-20-23-22(31-26(20)24(17)29-14-13-28-27(19)29)12-11-18-16-6-3-4-8-21(16)30-25(18)23/h1-14H. The molecule has 0 atom stereocenters. The average Bonchev–Trinajstić information content (AvgIpc) is 3.53. The van der Waals surface area contributed by atoms with E-state index in [1.807, 2.05) is 30.6 Å². The number of fused-ring (bicyclic) bond motifs is 14. The van der Waals surface area contributed by atoms with Gasteiger partial charge in [0.25, 0.3) is 0 Å². The third-order valence-electron chi connectivity index (χ3n) is 6.46. The van der Waals surface area contributed by atoms with Gasteiger partial charge < -0.3 is 8.83 Å². The van der Waals surface area contributed by atoms with E-state index in [-0.39, 0.29) is 0 Å². The number of imidazole rings is 1. The average molecular weight is 398 g/mol. The minimum Gasteiger partial charge on any atom is -0.455 e. The van der Waals surface area contributed by atoms with E-state index in [1.54, 1.807) is 0 Å².